The Kier molecular flexibility index (Phi) is 14.9. The first kappa shape index (κ1) is 36.3. The highest BCUT2D eigenvalue weighted by Gasteiger charge is 2.39. The summed E-state index contributed by atoms with van der Waals surface area (Å²) in [6, 6.07) is -3.78. The van der Waals surface area contributed by atoms with Gasteiger partial charge in [0.2, 0.25) is 35.4 Å². The van der Waals surface area contributed by atoms with Crippen molar-refractivity contribution in [3.63, 3.8) is 0 Å². The van der Waals surface area contributed by atoms with Crippen molar-refractivity contribution >= 4 is 41.4 Å². The predicted molar refractivity (Wildman–Crippen MR) is 152 cm³/mol. The number of nitrogens with one attached hydrogen (secondary N) is 5. The van der Waals surface area contributed by atoms with Gasteiger partial charge < -0.3 is 42.3 Å². The van der Waals surface area contributed by atoms with Gasteiger partial charge in [0, 0.05) is 6.54 Å². The maximum absolute atomic E-state index is 13.5. The summed E-state index contributed by atoms with van der Waals surface area (Å²) in [5.74, 6) is -5.25. The van der Waals surface area contributed by atoms with Gasteiger partial charge in [-0.25, -0.2) is 0 Å². The van der Waals surface area contributed by atoms with E-state index in [4.69, 9.17) is 10.8 Å². The monoisotopic (exact) mass is 597 g/mol. The Morgan fingerprint density at radius 3 is 1.90 bits per heavy atom. The fourth-order valence-corrected chi connectivity index (χ4v) is 4.54. The van der Waals surface area contributed by atoms with Crippen LogP contribution in [0.4, 0.5) is 0 Å². The predicted octanol–water partition coefficient (Wildman–Crippen LogP) is -1.93. The second kappa shape index (κ2) is 17.3. The summed E-state index contributed by atoms with van der Waals surface area (Å²) < 4.78 is 0. The number of amides is 6. The fourth-order valence-electron chi connectivity index (χ4n) is 4.54. The van der Waals surface area contributed by atoms with Crippen LogP contribution in [0.25, 0.3) is 0 Å². The van der Waals surface area contributed by atoms with Crippen LogP contribution < -0.4 is 32.3 Å². The summed E-state index contributed by atoms with van der Waals surface area (Å²) in [5, 5.41) is 21.5. The molecule has 0 radical (unpaired) electrons. The molecule has 1 rings (SSSR count). The van der Waals surface area contributed by atoms with Gasteiger partial charge in [-0.1, -0.05) is 41.5 Å². The number of carbonyl (C=O) groups excluding carboxylic acids is 6. The summed E-state index contributed by atoms with van der Waals surface area (Å²) in [4.78, 5) is 88.5. The number of carbonyl (C=O) groups is 7. The number of carboxylic acid groups (broad SMARTS) is 1. The highest BCUT2D eigenvalue weighted by atomic mass is 16.4. The van der Waals surface area contributed by atoms with Gasteiger partial charge in [-0.3, -0.25) is 33.6 Å². The lowest BCUT2D eigenvalue weighted by Gasteiger charge is -2.31. The van der Waals surface area contributed by atoms with Gasteiger partial charge in [0.05, 0.1) is 13.1 Å². The van der Waals surface area contributed by atoms with Crippen molar-refractivity contribution in [2.24, 2.45) is 23.5 Å². The Hall–Kier alpha value is -3.75. The maximum Gasteiger partial charge on any atom is 0.322 e. The number of likely N-dealkylation sites (tertiary alicyclic amines) is 1. The minimum absolute atomic E-state index is 0.00268. The number of hydrogen-bond donors (Lipinski definition) is 7. The lowest BCUT2D eigenvalue weighted by Crippen LogP contribution is -2.59. The summed E-state index contributed by atoms with van der Waals surface area (Å²) >= 11 is 0. The number of nitrogens with two attached hydrogens (primary N) is 1. The SMILES string of the molecule is CC(C)C[C@H](NC(=O)[C@@H](NC(=O)CNC(=O)[C@@H](NC(=O)CN)C(C)C)C(C)C)C(=O)N1CCC[C@H]1C(=O)NCC(=O)O. The van der Waals surface area contributed by atoms with Crippen molar-refractivity contribution in [2.45, 2.75) is 85.0 Å². The van der Waals surface area contributed by atoms with E-state index in [-0.39, 0.29) is 37.3 Å². The Labute approximate surface area is 246 Å². The van der Waals surface area contributed by atoms with Gasteiger partial charge in [0.15, 0.2) is 0 Å². The van der Waals surface area contributed by atoms with Crippen LogP contribution in [0, 0.1) is 17.8 Å². The number of carboxylic acids is 1. The molecule has 0 saturated carbocycles. The summed E-state index contributed by atoms with van der Waals surface area (Å²) in [7, 11) is 0. The van der Waals surface area contributed by atoms with E-state index >= 15 is 0 Å². The molecule has 6 amide bonds. The molecule has 0 aromatic carbocycles. The first-order chi connectivity index (χ1) is 19.6. The van der Waals surface area contributed by atoms with Gasteiger partial charge in [-0.15, -0.1) is 0 Å². The van der Waals surface area contributed by atoms with Gasteiger partial charge in [0.1, 0.15) is 30.7 Å². The first-order valence-corrected chi connectivity index (χ1v) is 14.3. The zero-order valence-corrected chi connectivity index (χ0v) is 25.3. The van der Waals surface area contributed by atoms with Crippen LogP contribution in [0.15, 0.2) is 0 Å². The topological polar surface area (TPSA) is 229 Å². The molecule has 15 nitrogen and oxygen atoms in total. The molecular formula is C27H47N7O8. The molecule has 4 atom stereocenters. The van der Waals surface area contributed by atoms with E-state index < -0.39 is 78.7 Å². The second-order valence-electron chi connectivity index (χ2n) is 11.5. The number of hydrogen-bond acceptors (Lipinski definition) is 8. The van der Waals surface area contributed by atoms with Crippen molar-refractivity contribution in [2.75, 3.05) is 26.2 Å². The molecule has 1 aliphatic rings. The Bertz CT molecular complexity index is 1000. The van der Waals surface area contributed by atoms with Gasteiger partial charge in [0.25, 0.3) is 0 Å². The molecular weight excluding hydrogens is 550 g/mol. The van der Waals surface area contributed by atoms with E-state index in [9.17, 15) is 33.6 Å². The molecule has 42 heavy (non-hydrogen) atoms. The quantitative estimate of drug-likeness (QED) is 0.105. The van der Waals surface area contributed by atoms with Crippen molar-refractivity contribution in [1.29, 1.82) is 0 Å². The zero-order chi connectivity index (χ0) is 32.1. The Morgan fingerprint density at radius 2 is 1.38 bits per heavy atom. The lowest BCUT2D eigenvalue weighted by molar-refractivity contribution is -0.143. The third-order valence-electron chi connectivity index (χ3n) is 6.71. The highest BCUT2D eigenvalue weighted by Crippen LogP contribution is 2.21. The molecule has 0 unspecified atom stereocenters. The minimum Gasteiger partial charge on any atom is -0.480 e. The molecule has 8 N–H and O–H groups in total. The molecule has 1 saturated heterocycles. The van der Waals surface area contributed by atoms with Crippen molar-refractivity contribution < 1.29 is 38.7 Å². The molecule has 1 heterocycles. The number of aliphatic carboxylic acids is 1. The normalized spacial score (nSPS) is 16.9. The van der Waals surface area contributed by atoms with Crippen LogP contribution >= 0.6 is 0 Å². The lowest BCUT2D eigenvalue weighted by atomic mass is 9.99. The van der Waals surface area contributed by atoms with E-state index in [0.29, 0.717) is 12.8 Å². The average Bonchev–Trinajstić information content (AvgIpc) is 3.40. The Morgan fingerprint density at radius 1 is 0.810 bits per heavy atom. The van der Waals surface area contributed by atoms with Gasteiger partial charge in [-0.05, 0) is 37.0 Å². The Balaban J connectivity index is 2.93. The van der Waals surface area contributed by atoms with E-state index in [1.165, 1.54) is 4.90 Å². The van der Waals surface area contributed by atoms with Gasteiger partial charge >= 0.3 is 5.97 Å². The van der Waals surface area contributed by atoms with Crippen LogP contribution in [-0.4, -0.2) is 102 Å². The summed E-state index contributed by atoms with van der Waals surface area (Å²) in [6.07, 6.45) is 1.18. The van der Waals surface area contributed by atoms with Crippen molar-refractivity contribution in [3.8, 4) is 0 Å². The number of nitrogens with zero attached hydrogens (tertiary/aromatic N) is 1. The maximum atomic E-state index is 13.5. The molecule has 1 aliphatic heterocycles. The van der Waals surface area contributed by atoms with E-state index in [1.807, 2.05) is 13.8 Å². The molecule has 1 fully saturated rings. The molecule has 0 aliphatic carbocycles. The minimum atomic E-state index is -1.20. The van der Waals surface area contributed by atoms with Crippen LogP contribution in [0.1, 0.15) is 60.8 Å². The number of rotatable bonds is 16. The fraction of sp³-hybridized carbons (Fsp3) is 0.741. The van der Waals surface area contributed by atoms with Crippen LogP contribution in [0.3, 0.4) is 0 Å². The molecule has 15 heteroatoms. The third-order valence-corrected chi connectivity index (χ3v) is 6.71. The van der Waals surface area contributed by atoms with Crippen LogP contribution in [0.5, 0.6) is 0 Å². The van der Waals surface area contributed by atoms with Crippen molar-refractivity contribution in [1.82, 2.24) is 31.5 Å². The molecule has 0 spiro atoms. The smallest absolute Gasteiger partial charge is 0.322 e. The van der Waals surface area contributed by atoms with Crippen molar-refractivity contribution in [3.05, 3.63) is 0 Å². The van der Waals surface area contributed by atoms with E-state index in [0.717, 1.165) is 0 Å². The van der Waals surface area contributed by atoms with E-state index in [1.54, 1.807) is 27.7 Å². The molecule has 0 aromatic rings. The zero-order valence-electron chi connectivity index (χ0n) is 25.3. The summed E-state index contributed by atoms with van der Waals surface area (Å²) in [6.45, 7) is 9.58. The van der Waals surface area contributed by atoms with E-state index in [2.05, 4.69) is 26.6 Å². The highest BCUT2D eigenvalue weighted by molar-refractivity contribution is 5.96. The summed E-state index contributed by atoms with van der Waals surface area (Å²) in [5.41, 5.74) is 5.30. The van der Waals surface area contributed by atoms with Gasteiger partial charge in [-0.2, -0.15) is 0 Å². The third kappa shape index (κ3) is 11.6. The van der Waals surface area contributed by atoms with Crippen LogP contribution in [-0.2, 0) is 33.6 Å². The van der Waals surface area contributed by atoms with Crippen LogP contribution in [0.2, 0.25) is 0 Å². The molecule has 0 aromatic heterocycles. The standard InChI is InChI=1S/C27H47N7O8/c1-14(2)10-17(27(42)34-9-7-8-18(34)24(39)30-13-21(37)38)31-26(41)23(16(5)6)33-20(36)12-29-25(40)22(15(3)4)32-19(35)11-28/h14-18,22-23H,7-13,28H2,1-6H3,(H,29,40)(H,30,39)(H,31,41)(H,32,35)(H,33,36)(H,37,38)/t17-,18-,22-,23-/m0/s1. The molecule has 0 bridgehead atoms. The first-order valence-electron chi connectivity index (χ1n) is 14.3. The molecule has 238 valence electrons. The average molecular weight is 598 g/mol. The largest absolute Gasteiger partial charge is 0.480 e. The second-order valence-corrected chi connectivity index (χ2v) is 11.5.